The third-order valence-electron chi connectivity index (χ3n) is 1.59. The predicted octanol–water partition coefficient (Wildman–Crippen LogP) is 1.20. The van der Waals surface area contributed by atoms with Gasteiger partial charge in [0, 0.05) is 42.9 Å². The Morgan fingerprint density at radius 3 is 2.40 bits per heavy atom. The van der Waals surface area contributed by atoms with Crippen molar-refractivity contribution in [1.82, 2.24) is 8.23 Å². The van der Waals surface area contributed by atoms with Crippen molar-refractivity contribution in [3.05, 3.63) is 0 Å². The van der Waals surface area contributed by atoms with Crippen molar-refractivity contribution in [3.8, 4) is 0 Å². The van der Waals surface area contributed by atoms with Gasteiger partial charge in [0.15, 0.2) is 0 Å². The van der Waals surface area contributed by atoms with Gasteiger partial charge in [-0.3, -0.25) is 9.80 Å². The van der Waals surface area contributed by atoms with Crippen LogP contribution in [0.15, 0.2) is 0 Å². The van der Waals surface area contributed by atoms with E-state index in [0.29, 0.717) is 0 Å². The molecule has 1 saturated heterocycles. The van der Waals surface area contributed by atoms with Gasteiger partial charge in [0.25, 0.3) is 0 Å². The molecule has 0 aromatic rings. The Hall–Kier alpha value is 0.160. The molecule has 0 aromatic heterocycles. The number of carbonyl (C=O) groups is 1. The van der Waals surface area contributed by atoms with Crippen LogP contribution in [0.25, 0.3) is 0 Å². The number of carbonyl (C=O) groups excluding carboxylic acids is 1. The number of hydrazine groups is 1. The van der Waals surface area contributed by atoms with E-state index < -0.39 is 0 Å². The average molecular weight is 254 g/mol. The summed E-state index contributed by atoms with van der Waals surface area (Å²) in [5.74, 6) is 0.147. The second-order valence-electron chi connectivity index (χ2n) is 2.41. The molecule has 58 valence electrons. The molecule has 4 heteroatoms. The zero-order chi connectivity index (χ0) is 7.56. The standard InChI is InChI=1S/C6H11IN2O/c1-6(10)8-4-2-3-5-9(8)7/h2-5H2,1H3. The lowest BCUT2D eigenvalue weighted by Crippen LogP contribution is -2.43. The molecule has 10 heavy (non-hydrogen) atoms. The highest BCUT2D eigenvalue weighted by molar-refractivity contribution is 14.1. The summed E-state index contributed by atoms with van der Waals surface area (Å²) in [5, 5.41) is 1.78. The molecule has 0 bridgehead atoms. The van der Waals surface area contributed by atoms with Gasteiger partial charge >= 0.3 is 0 Å². The first kappa shape index (κ1) is 8.26. The quantitative estimate of drug-likeness (QED) is 0.479. The molecular weight excluding hydrogens is 243 g/mol. The topological polar surface area (TPSA) is 23.6 Å². The molecule has 1 amide bonds. The van der Waals surface area contributed by atoms with Gasteiger partial charge < -0.3 is 0 Å². The van der Waals surface area contributed by atoms with E-state index in [1.807, 2.05) is 3.22 Å². The van der Waals surface area contributed by atoms with Crippen LogP contribution in [-0.2, 0) is 4.79 Å². The Kier molecular flexibility index (Phi) is 2.91. The van der Waals surface area contributed by atoms with Crippen LogP contribution in [0.2, 0.25) is 0 Å². The van der Waals surface area contributed by atoms with E-state index >= 15 is 0 Å². The molecular formula is C6H11IN2O. The summed E-state index contributed by atoms with van der Waals surface area (Å²) in [5.41, 5.74) is 0. The van der Waals surface area contributed by atoms with E-state index in [2.05, 4.69) is 22.9 Å². The van der Waals surface area contributed by atoms with E-state index in [1.165, 1.54) is 6.42 Å². The van der Waals surface area contributed by atoms with E-state index in [9.17, 15) is 4.79 Å². The van der Waals surface area contributed by atoms with Crippen LogP contribution in [0.5, 0.6) is 0 Å². The molecule has 1 aliphatic heterocycles. The number of halogens is 1. The highest BCUT2D eigenvalue weighted by Gasteiger charge is 2.18. The summed E-state index contributed by atoms with van der Waals surface area (Å²) in [6, 6.07) is 0. The van der Waals surface area contributed by atoms with Gasteiger partial charge in [-0.15, -0.1) is 0 Å². The number of amides is 1. The van der Waals surface area contributed by atoms with E-state index in [0.717, 1.165) is 19.5 Å². The van der Waals surface area contributed by atoms with Crippen molar-refractivity contribution in [1.29, 1.82) is 0 Å². The number of nitrogens with zero attached hydrogens (tertiary/aromatic N) is 2. The van der Waals surface area contributed by atoms with Crippen LogP contribution in [0.1, 0.15) is 19.8 Å². The fourth-order valence-electron chi connectivity index (χ4n) is 1.04. The monoisotopic (exact) mass is 254 g/mol. The molecule has 1 rings (SSSR count). The smallest absolute Gasteiger partial charge is 0.234 e. The fraction of sp³-hybridized carbons (Fsp3) is 0.833. The van der Waals surface area contributed by atoms with Crippen LogP contribution in [0.4, 0.5) is 0 Å². The first-order chi connectivity index (χ1) is 4.72. The average Bonchev–Trinajstić information content (AvgIpc) is 1.88. The first-order valence-corrected chi connectivity index (χ1v) is 4.39. The molecule has 0 spiro atoms. The van der Waals surface area contributed by atoms with Gasteiger partial charge in [0.2, 0.25) is 5.91 Å². The van der Waals surface area contributed by atoms with Gasteiger partial charge in [-0.1, -0.05) is 0 Å². The Bertz CT molecular complexity index is 140. The van der Waals surface area contributed by atoms with Gasteiger partial charge in [-0.05, 0) is 12.8 Å². The van der Waals surface area contributed by atoms with Crippen molar-refractivity contribution in [2.24, 2.45) is 0 Å². The lowest BCUT2D eigenvalue weighted by Gasteiger charge is -2.32. The normalized spacial score (nSPS) is 21.2. The molecule has 1 fully saturated rings. The number of rotatable bonds is 0. The van der Waals surface area contributed by atoms with Crippen LogP contribution in [0.3, 0.4) is 0 Å². The van der Waals surface area contributed by atoms with Crippen molar-refractivity contribution >= 4 is 28.8 Å². The second-order valence-corrected chi connectivity index (χ2v) is 3.52. The summed E-state index contributed by atoms with van der Waals surface area (Å²) < 4.78 is 1.96. The first-order valence-electron chi connectivity index (χ1n) is 3.43. The summed E-state index contributed by atoms with van der Waals surface area (Å²) in [6.45, 7) is 3.50. The maximum atomic E-state index is 10.9. The number of hydrogen-bond acceptors (Lipinski definition) is 2. The summed E-state index contributed by atoms with van der Waals surface area (Å²) in [7, 11) is 0. The lowest BCUT2D eigenvalue weighted by molar-refractivity contribution is -0.138. The second kappa shape index (κ2) is 3.52. The summed E-state index contributed by atoms with van der Waals surface area (Å²) in [4.78, 5) is 10.9. The van der Waals surface area contributed by atoms with Gasteiger partial charge in [0.05, 0.1) is 0 Å². The van der Waals surface area contributed by atoms with Crippen LogP contribution in [-0.4, -0.2) is 27.2 Å². The third kappa shape index (κ3) is 1.82. The Morgan fingerprint density at radius 1 is 1.40 bits per heavy atom. The summed E-state index contributed by atoms with van der Waals surface area (Å²) in [6.07, 6.45) is 2.34. The van der Waals surface area contributed by atoms with Crippen molar-refractivity contribution in [2.45, 2.75) is 19.8 Å². The third-order valence-corrected chi connectivity index (χ3v) is 2.59. The van der Waals surface area contributed by atoms with Gasteiger partial charge in [0.1, 0.15) is 0 Å². The predicted molar refractivity (Wildman–Crippen MR) is 47.3 cm³/mol. The molecule has 0 aliphatic carbocycles. The van der Waals surface area contributed by atoms with Crippen molar-refractivity contribution in [2.75, 3.05) is 13.1 Å². The number of hydrogen-bond donors (Lipinski definition) is 0. The lowest BCUT2D eigenvalue weighted by atomic mass is 10.3. The molecule has 1 aliphatic rings. The summed E-state index contributed by atoms with van der Waals surface area (Å²) >= 11 is 2.17. The molecule has 0 aromatic carbocycles. The molecule has 0 atom stereocenters. The SMILES string of the molecule is CC(=O)N1CCCCN1I. The van der Waals surface area contributed by atoms with Crippen molar-refractivity contribution < 1.29 is 4.79 Å². The van der Waals surface area contributed by atoms with E-state index in [-0.39, 0.29) is 5.91 Å². The largest absolute Gasteiger partial charge is 0.274 e. The van der Waals surface area contributed by atoms with Crippen LogP contribution < -0.4 is 0 Å². The van der Waals surface area contributed by atoms with Crippen LogP contribution in [0, 0.1) is 0 Å². The van der Waals surface area contributed by atoms with Gasteiger partial charge in [-0.2, -0.15) is 3.22 Å². The van der Waals surface area contributed by atoms with E-state index in [4.69, 9.17) is 0 Å². The van der Waals surface area contributed by atoms with Crippen LogP contribution >= 0.6 is 22.9 Å². The van der Waals surface area contributed by atoms with E-state index in [1.54, 1.807) is 11.9 Å². The highest BCUT2D eigenvalue weighted by Crippen LogP contribution is 2.14. The molecule has 0 unspecified atom stereocenters. The Balaban J connectivity index is 2.47. The highest BCUT2D eigenvalue weighted by atomic mass is 127. The maximum absolute atomic E-state index is 10.9. The molecule has 3 nitrogen and oxygen atoms in total. The molecule has 0 radical (unpaired) electrons. The molecule has 0 N–H and O–H groups in total. The zero-order valence-corrected chi connectivity index (χ0v) is 8.17. The Labute approximate surface area is 74.8 Å². The minimum Gasteiger partial charge on any atom is -0.274 e. The van der Waals surface area contributed by atoms with Gasteiger partial charge in [-0.25, -0.2) is 0 Å². The molecule has 0 saturated carbocycles. The minimum atomic E-state index is 0.147. The fourth-order valence-corrected chi connectivity index (χ4v) is 1.90. The van der Waals surface area contributed by atoms with Crippen molar-refractivity contribution in [3.63, 3.8) is 0 Å². The minimum absolute atomic E-state index is 0.147. The molecule has 1 heterocycles. The Morgan fingerprint density at radius 2 is 2.00 bits per heavy atom. The maximum Gasteiger partial charge on any atom is 0.234 e. The zero-order valence-electron chi connectivity index (χ0n) is 6.01.